The van der Waals surface area contributed by atoms with Gasteiger partial charge in [0.1, 0.15) is 0 Å². The molecule has 144 valence electrons. The Morgan fingerprint density at radius 1 is 1.07 bits per heavy atom. The molecular weight excluding hydrogens is 376 g/mol. The SMILES string of the molecule is O=C(Nc1cccc(S(=O)(=O)NC2CC2)c1)C(c1ccccc1)n1cccn1. The molecule has 28 heavy (non-hydrogen) atoms. The van der Waals surface area contributed by atoms with Gasteiger partial charge in [0, 0.05) is 24.1 Å². The number of nitrogens with zero attached hydrogens (tertiary/aromatic N) is 2. The fourth-order valence-corrected chi connectivity index (χ4v) is 4.28. The number of benzene rings is 2. The van der Waals surface area contributed by atoms with Gasteiger partial charge in [0.25, 0.3) is 5.91 Å². The van der Waals surface area contributed by atoms with Crippen LogP contribution < -0.4 is 10.0 Å². The Bertz CT molecular complexity index is 1060. The Morgan fingerprint density at radius 2 is 1.86 bits per heavy atom. The summed E-state index contributed by atoms with van der Waals surface area (Å²) in [6, 6.07) is 16.7. The summed E-state index contributed by atoms with van der Waals surface area (Å²) >= 11 is 0. The molecular formula is C20H20N4O3S. The van der Waals surface area contributed by atoms with Crippen LogP contribution in [0.1, 0.15) is 24.4 Å². The van der Waals surface area contributed by atoms with E-state index < -0.39 is 16.1 Å². The first-order chi connectivity index (χ1) is 13.5. The van der Waals surface area contributed by atoms with Crippen LogP contribution in [0.2, 0.25) is 0 Å². The van der Waals surface area contributed by atoms with E-state index in [2.05, 4.69) is 15.1 Å². The zero-order valence-corrected chi connectivity index (χ0v) is 15.8. The number of rotatable bonds is 7. The lowest BCUT2D eigenvalue weighted by molar-refractivity contribution is -0.118. The van der Waals surface area contributed by atoms with Crippen molar-refractivity contribution in [1.29, 1.82) is 0 Å². The third kappa shape index (κ3) is 4.13. The standard InChI is InChI=1S/C20H20N4O3S/c25-20(19(24-13-5-12-21-24)15-6-2-1-3-7-15)22-17-8-4-9-18(14-17)28(26,27)23-16-10-11-16/h1-9,12-14,16,19,23H,10-11H2,(H,22,25). The highest BCUT2D eigenvalue weighted by molar-refractivity contribution is 7.89. The molecule has 0 saturated heterocycles. The largest absolute Gasteiger partial charge is 0.324 e. The highest BCUT2D eigenvalue weighted by Gasteiger charge is 2.28. The Morgan fingerprint density at radius 3 is 2.54 bits per heavy atom. The normalized spacial score (nSPS) is 15.1. The first kappa shape index (κ1) is 18.4. The Balaban J connectivity index is 1.59. The molecule has 4 rings (SSSR count). The van der Waals surface area contributed by atoms with E-state index in [4.69, 9.17) is 0 Å². The highest BCUT2D eigenvalue weighted by atomic mass is 32.2. The van der Waals surface area contributed by atoms with Gasteiger partial charge in [0.05, 0.1) is 4.90 Å². The molecule has 1 amide bonds. The second-order valence-electron chi connectivity index (χ2n) is 6.71. The van der Waals surface area contributed by atoms with Gasteiger partial charge in [-0.25, -0.2) is 13.1 Å². The summed E-state index contributed by atoms with van der Waals surface area (Å²) in [5.41, 5.74) is 1.19. The van der Waals surface area contributed by atoms with Crippen LogP contribution >= 0.6 is 0 Å². The monoisotopic (exact) mass is 396 g/mol. The molecule has 1 atom stereocenters. The quantitative estimate of drug-likeness (QED) is 0.642. The number of aromatic nitrogens is 2. The first-order valence-electron chi connectivity index (χ1n) is 9.00. The molecule has 0 spiro atoms. The predicted molar refractivity (Wildman–Crippen MR) is 105 cm³/mol. The smallest absolute Gasteiger partial charge is 0.253 e. The van der Waals surface area contributed by atoms with E-state index >= 15 is 0 Å². The lowest BCUT2D eigenvalue weighted by atomic mass is 10.1. The fourth-order valence-electron chi connectivity index (χ4n) is 2.93. The van der Waals surface area contributed by atoms with Crippen molar-refractivity contribution in [2.24, 2.45) is 0 Å². The van der Waals surface area contributed by atoms with Crippen molar-refractivity contribution in [3.05, 3.63) is 78.6 Å². The van der Waals surface area contributed by atoms with E-state index in [9.17, 15) is 13.2 Å². The van der Waals surface area contributed by atoms with Crippen molar-refractivity contribution in [3.63, 3.8) is 0 Å². The molecule has 7 nitrogen and oxygen atoms in total. The van der Waals surface area contributed by atoms with Crippen LogP contribution in [0.15, 0.2) is 78.0 Å². The maximum atomic E-state index is 13.0. The average Bonchev–Trinajstić information content (AvgIpc) is 3.32. The van der Waals surface area contributed by atoms with Gasteiger partial charge in [-0.1, -0.05) is 36.4 Å². The number of anilines is 1. The third-order valence-electron chi connectivity index (χ3n) is 4.46. The molecule has 1 unspecified atom stereocenters. The second kappa shape index (κ2) is 7.57. The minimum Gasteiger partial charge on any atom is -0.324 e. The van der Waals surface area contributed by atoms with Crippen LogP contribution in [-0.2, 0) is 14.8 Å². The van der Waals surface area contributed by atoms with Crippen LogP contribution in [-0.4, -0.2) is 30.1 Å². The maximum Gasteiger partial charge on any atom is 0.253 e. The molecule has 1 aliphatic rings. The predicted octanol–water partition coefficient (Wildman–Crippen LogP) is 2.55. The lowest BCUT2D eigenvalue weighted by Crippen LogP contribution is -2.28. The van der Waals surface area contributed by atoms with Gasteiger partial charge < -0.3 is 5.32 Å². The second-order valence-corrected chi connectivity index (χ2v) is 8.43. The number of nitrogens with one attached hydrogen (secondary N) is 2. The number of amides is 1. The van der Waals surface area contributed by atoms with Crippen molar-refractivity contribution in [2.75, 3.05) is 5.32 Å². The lowest BCUT2D eigenvalue weighted by Gasteiger charge is -2.18. The number of hydrogen-bond acceptors (Lipinski definition) is 4. The minimum absolute atomic E-state index is 0.0190. The summed E-state index contributed by atoms with van der Waals surface area (Å²) in [5.74, 6) is -0.306. The molecule has 3 aromatic rings. The van der Waals surface area contributed by atoms with Gasteiger partial charge in [-0.2, -0.15) is 5.10 Å². The van der Waals surface area contributed by atoms with Crippen LogP contribution in [0.25, 0.3) is 0 Å². The van der Waals surface area contributed by atoms with Crippen molar-refractivity contribution < 1.29 is 13.2 Å². The zero-order chi connectivity index (χ0) is 19.6. The summed E-state index contributed by atoms with van der Waals surface area (Å²) in [4.78, 5) is 13.2. The van der Waals surface area contributed by atoms with Crippen LogP contribution in [0.4, 0.5) is 5.69 Å². The molecule has 1 aromatic heterocycles. The summed E-state index contributed by atoms with van der Waals surface area (Å²) in [6.07, 6.45) is 5.05. The van der Waals surface area contributed by atoms with E-state index in [1.54, 1.807) is 35.3 Å². The number of carbonyl (C=O) groups is 1. The Labute approximate surface area is 163 Å². The number of hydrogen-bond donors (Lipinski definition) is 2. The third-order valence-corrected chi connectivity index (χ3v) is 5.98. The molecule has 0 bridgehead atoms. The van der Waals surface area contributed by atoms with E-state index in [1.807, 2.05) is 30.3 Å². The van der Waals surface area contributed by atoms with Crippen molar-refractivity contribution in [2.45, 2.75) is 29.8 Å². The maximum absolute atomic E-state index is 13.0. The molecule has 1 aliphatic carbocycles. The molecule has 2 aromatic carbocycles. The number of sulfonamides is 1. The summed E-state index contributed by atoms with van der Waals surface area (Å²) in [6.45, 7) is 0. The average molecular weight is 396 g/mol. The van der Waals surface area contributed by atoms with Crippen molar-refractivity contribution in [1.82, 2.24) is 14.5 Å². The van der Waals surface area contributed by atoms with Crippen LogP contribution in [0.5, 0.6) is 0 Å². The molecule has 1 fully saturated rings. The molecule has 0 radical (unpaired) electrons. The fraction of sp³-hybridized carbons (Fsp3) is 0.200. The van der Waals surface area contributed by atoms with E-state index in [1.165, 1.54) is 12.1 Å². The minimum atomic E-state index is -3.59. The summed E-state index contributed by atoms with van der Waals surface area (Å²) < 4.78 is 29.1. The molecule has 1 saturated carbocycles. The van der Waals surface area contributed by atoms with Gasteiger partial charge in [-0.05, 0) is 42.7 Å². The van der Waals surface area contributed by atoms with Gasteiger partial charge in [-0.3, -0.25) is 9.48 Å². The highest BCUT2D eigenvalue weighted by Crippen LogP contribution is 2.24. The zero-order valence-electron chi connectivity index (χ0n) is 15.0. The van der Waals surface area contributed by atoms with Gasteiger partial charge in [-0.15, -0.1) is 0 Å². The Kier molecular flexibility index (Phi) is 4.97. The van der Waals surface area contributed by atoms with Gasteiger partial charge in [0.15, 0.2) is 6.04 Å². The van der Waals surface area contributed by atoms with E-state index in [0.717, 1.165) is 18.4 Å². The molecule has 0 aliphatic heterocycles. The molecule has 1 heterocycles. The molecule has 8 heteroatoms. The molecule has 2 N–H and O–H groups in total. The topological polar surface area (TPSA) is 93.1 Å². The van der Waals surface area contributed by atoms with Crippen LogP contribution in [0.3, 0.4) is 0 Å². The van der Waals surface area contributed by atoms with Crippen molar-refractivity contribution >= 4 is 21.6 Å². The van der Waals surface area contributed by atoms with Gasteiger partial charge >= 0.3 is 0 Å². The van der Waals surface area contributed by atoms with Crippen molar-refractivity contribution in [3.8, 4) is 0 Å². The first-order valence-corrected chi connectivity index (χ1v) is 10.5. The van der Waals surface area contributed by atoms with E-state index in [0.29, 0.717) is 5.69 Å². The van der Waals surface area contributed by atoms with Crippen LogP contribution in [0, 0.1) is 0 Å². The van der Waals surface area contributed by atoms with E-state index in [-0.39, 0.29) is 16.8 Å². The summed E-state index contributed by atoms with van der Waals surface area (Å²) in [7, 11) is -3.59. The summed E-state index contributed by atoms with van der Waals surface area (Å²) in [5, 5.41) is 7.02. The Hall–Kier alpha value is -2.97. The van der Waals surface area contributed by atoms with Gasteiger partial charge in [0.2, 0.25) is 10.0 Å². The number of carbonyl (C=O) groups excluding carboxylic acids is 1.